The van der Waals surface area contributed by atoms with Crippen LogP contribution in [-0.4, -0.2) is 68.4 Å². The first-order valence-electron chi connectivity index (χ1n) is 11.8. The summed E-state index contributed by atoms with van der Waals surface area (Å²) in [6, 6.07) is 11.1. The standard InChI is InChI=1S/C24H28N8O4/c1-16-13-22(30-29-16)26-21-15-23(35-12-11-34-10-9-33)28-24(27-21)32-8-4-6-19(32)20-14-18(31-36-20)17-5-2-3-7-25-17/h2-3,5,7,13-15,19,33H,4,6,8-12H2,1H3,(H2,26,27,28,29,30). The van der Waals surface area contributed by atoms with E-state index in [9.17, 15) is 0 Å². The Morgan fingerprint density at radius 3 is 2.89 bits per heavy atom. The van der Waals surface area contributed by atoms with Crippen LogP contribution < -0.4 is 15.0 Å². The Hall–Kier alpha value is -4.03. The first-order chi connectivity index (χ1) is 17.7. The number of aliphatic hydroxyl groups is 1. The Kier molecular flexibility index (Phi) is 7.33. The smallest absolute Gasteiger partial charge is 0.231 e. The maximum absolute atomic E-state index is 8.88. The van der Waals surface area contributed by atoms with Gasteiger partial charge in [0.2, 0.25) is 11.8 Å². The van der Waals surface area contributed by atoms with E-state index in [0.717, 1.165) is 36.5 Å². The minimum atomic E-state index is -0.0708. The first-order valence-corrected chi connectivity index (χ1v) is 11.8. The lowest BCUT2D eigenvalue weighted by molar-refractivity contribution is 0.0695. The normalized spacial score (nSPS) is 15.4. The van der Waals surface area contributed by atoms with Crippen LogP contribution >= 0.6 is 0 Å². The number of aryl methyl sites for hydroxylation is 1. The van der Waals surface area contributed by atoms with Crippen molar-refractivity contribution >= 4 is 17.6 Å². The number of nitrogens with zero attached hydrogens (tertiary/aromatic N) is 6. The molecule has 0 radical (unpaired) electrons. The monoisotopic (exact) mass is 492 g/mol. The zero-order valence-corrected chi connectivity index (χ0v) is 19.9. The van der Waals surface area contributed by atoms with E-state index in [4.69, 9.17) is 24.1 Å². The van der Waals surface area contributed by atoms with Gasteiger partial charge < -0.3 is 29.3 Å². The van der Waals surface area contributed by atoms with Crippen LogP contribution in [0.3, 0.4) is 0 Å². The number of aliphatic hydroxyl groups excluding tert-OH is 1. The molecule has 1 aliphatic heterocycles. The Bertz CT molecular complexity index is 1260. The largest absolute Gasteiger partial charge is 0.475 e. The van der Waals surface area contributed by atoms with Gasteiger partial charge in [-0.05, 0) is 31.9 Å². The highest BCUT2D eigenvalue weighted by Crippen LogP contribution is 2.37. The lowest BCUT2D eigenvalue weighted by Crippen LogP contribution is -2.25. The SMILES string of the molecule is Cc1cc(Nc2cc(OCCOCCO)nc(N3CCCC3c3cc(-c4ccccn4)no3)n2)n[nH]1. The topological polar surface area (TPSA) is 147 Å². The molecule has 5 heterocycles. The molecule has 12 nitrogen and oxygen atoms in total. The summed E-state index contributed by atoms with van der Waals surface area (Å²) in [5.41, 5.74) is 2.38. The third-order valence-electron chi connectivity index (χ3n) is 5.66. The van der Waals surface area contributed by atoms with Crippen molar-refractivity contribution in [1.82, 2.24) is 30.3 Å². The van der Waals surface area contributed by atoms with Gasteiger partial charge >= 0.3 is 0 Å². The molecule has 1 fully saturated rings. The number of anilines is 3. The van der Waals surface area contributed by atoms with Crippen molar-refractivity contribution in [2.75, 3.05) is 43.2 Å². The fraction of sp³-hybridized carbons (Fsp3) is 0.375. The van der Waals surface area contributed by atoms with Crippen molar-refractivity contribution in [3.63, 3.8) is 0 Å². The molecule has 1 unspecified atom stereocenters. The molecule has 5 rings (SSSR count). The fourth-order valence-corrected chi connectivity index (χ4v) is 4.05. The Labute approximate surface area is 207 Å². The lowest BCUT2D eigenvalue weighted by atomic mass is 10.1. The van der Waals surface area contributed by atoms with Crippen LogP contribution in [0.1, 0.15) is 30.3 Å². The highest BCUT2D eigenvalue weighted by molar-refractivity contribution is 5.57. The number of pyridine rings is 1. The van der Waals surface area contributed by atoms with Gasteiger partial charge in [-0.15, -0.1) is 0 Å². The highest BCUT2D eigenvalue weighted by atomic mass is 16.5. The number of nitrogens with one attached hydrogen (secondary N) is 2. The quantitative estimate of drug-likeness (QED) is 0.265. The van der Waals surface area contributed by atoms with E-state index in [1.165, 1.54) is 0 Å². The number of aromatic nitrogens is 6. The second-order valence-electron chi connectivity index (χ2n) is 8.32. The number of hydrogen-bond donors (Lipinski definition) is 3. The molecule has 36 heavy (non-hydrogen) atoms. The molecular formula is C24H28N8O4. The molecule has 0 saturated carbocycles. The van der Waals surface area contributed by atoms with Crippen molar-refractivity contribution in [2.24, 2.45) is 0 Å². The number of aromatic amines is 1. The van der Waals surface area contributed by atoms with E-state index in [1.807, 2.05) is 37.3 Å². The molecule has 0 amide bonds. The minimum absolute atomic E-state index is 0.0329. The predicted molar refractivity (Wildman–Crippen MR) is 131 cm³/mol. The Morgan fingerprint density at radius 1 is 1.14 bits per heavy atom. The molecule has 1 saturated heterocycles. The summed E-state index contributed by atoms with van der Waals surface area (Å²) in [5, 5.41) is 23.5. The molecule has 1 aliphatic rings. The number of hydrogen-bond acceptors (Lipinski definition) is 11. The van der Waals surface area contributed by atoms with Gasteiger partial charge in [-0.3, -0.25) is 10.1 Å². The van der Waals surface area contributed by atoms with Crippen molar-refractivity contribution in [3.8, 4) is 17.3 Å². The second kappa shape index (κ2) is 11.1. The lowest BCUT2D eigenvalue weighted by Gasteiger charge is -2.23. The zero-order chi connectivity index (χ0) is 24.7. The van der Waals surface area contributed by atoms with Crippen LogP contribution in [0.4, 0.5) is 17.6 Å². The van der Waals surface area contributed by atoms with Gasteiger partial charge in [0.05, 0.1) is 31.6 Å². The molecule has 4 aromatic heterocycles. The molecule has 0 spiro atoms. The maximum Gasteiger partial charge on any atom is 0.231 e. The zero-order valence-electron chi connectivity index (χ0n) is 19.9. The summed E-state index contributed by atoms with van der Waals surface area (Å²) >= 11 is 0. The van der Waals surface area contributed by atoms with Crippen LogP contribution in [0.2, 0.25) is 0 Å². The van der Waals surface area contributed by atoms with Gasteiger partial charge in [-0.25, -0.2) is 0 Å². The molecule has 1 atom stereocenters. The maximum atomic E-state index is 8.88. The summed E-state index contributed by atoms with van der Waals surface area (Å²) in [6.45, 7) is 3.54. The van der Waals surface area contributed by atoms with E-state index >= 15 is 0 Å². The van der Waals surface area contributed by atoms with Crippen molar-refractivity contribution < 1.29 is 19.1 Å². The molecule has 0 bridgehead atoms. The van der Waals surface area contributed by atoms with E-state index in [1.54, 1.807) is 12.3 Å². The van der Waals surface area contributed by atoms with Crippen molar-refractivity contribution in [1.29, 1.82) is 0 Å². The van der Waals surface area contributed by atoms with Gasteiger partial charge in [-0.1, -0.05) is 11.2 Å². The number of H-pyrrole nitrogens is 1. The van der Waals surface area contributed by atoms with E-state index in [0.29, 0.717) is 35.8 Å². The molecule has 4 aromatic rings. The van der Waals surface area contributed by atoms with Gasteiger partial charge in [0.25, 0.3) is 0 Å². The number of ether oxygens (including phenoxy) is 2. The van der Waals surface area contributed by atoms with E-state index in [-0.39, 0.29) is 25.9 Å². The van der Waals surface area contributed by atoms with Crippen LogP contribution in [-0.2, 0) is 4.74 Å². The number of rotatable bonds is 11. The molecular weight excluding hydrogens is 464 g/mol. The molecule has 12 heteroatoms. The molecule has 3 N–H and O–H groups in total. The summed E-state index contributed by atoms with van der Waals surface area (Å²) in [6.07, 6.45) is 3.56. The van der Waals surface area contributed by atoms with Gasteiger partial charge in [-0.2, -0.15) is 15.1 Å². The molecule has 188 valence electrons. The van der Waals surface area contributed by atoms with Crippen LogP contribution in [0.15, 0.2) is 47.1 Å². The molecule has 0 aromatic carbocycles. The van der Waals surface area contributed by atoms with Crippen LogP contribution in [0.25, 0.3) is 11.4 Å². The average molecular weight is 493 g/mol. The average Bonchev–Trinajstić information content (AvgIpc) is 3.65. The molecule has 0 aliphatic carbocycles. The third-order valence-corrected chi connectivity index (χ3v) is 5.66. The van der Waals surface area contributed by atoms with Gasteiger partial charge in [0.15, 0.2) is 11.6 Å². The Morgan fingerprint density at radius 2 is 2.08 bits per heavy atom. The summed E-state index contributed by atoms with van der Waals surface area (Å²) < 4.78 is 16.9. The second-order valence-corrected chi connectivity index (χ2v) is 8.32. The first kappa shape index (κ1) is 23.7. The van der Waals surface area contributed by atoms with E-state index < -0.39 is 0 Å². The summed E-state index contributed by atoms with van der Waals surface area (Å²) in [7, 11) is 0. The highest BCUT2D eigenvalue weighted by Gasteiger charge is 2.32. The van der Waals surface area contributed by atoms with Crippen LogP contribution in [0.5, 0.6) is 5.88 Å². The summed E-state index contributed by atoms with van der Waals surface area (Å²) in [4.78, 5) is 15.9. The van der Waals surface area contributed by atoms with Crippen molar-refractivity contribution in [3.05, 3.63) is 54.0 Å². The summed E-state index contributed by atoms with van der Waals surface area (Å²) in [5.74, 6) is 2.84. The predicted octanol–water partition coefficient (Wildman–Crippen LogP) is 3.03. The van der Waals surface area contributed by atoms with E-state index in [2.05, 4.69) is 35.5 Å². The fourth-order valence-electron chi connectivity index (χ4n) is 4.05. The van der Waals surface area contributed by atoms with Crippen molar-refractivity contribution in [2.45, 2.75) is 25.8 Å². The third kappa shape index (κ3) is 5.61. The minimum Gasteiger partial charge on any atom is -0.475 e. The van der Waals surface area contributed by atoms with Gasteiger partial charge in [0.1, 0.15) is 18.1 Å². The van der Waals surface area contributed by atoms with Gasteiger partial charge in [0, 0.05) is 36.6 Å². The van der Waals surface area contributed by atoms with Crippen LogP contribution in [0, 0.1) is 6.92 Å². The Balaban J connectivity index is 1.39.